The van der Waals surface area contributed by atoms with Crippen molar-refractivity contribution in [3.63, 3.8) is 0 Å². The lowest BCUT2D eigenvalue weighted by Gasteiger charge is -2.05. The maximum absolute atomic E-state index is 11.7. The van der Waals surface area contributed by atoms with Crippen LogP contribution >= 0.6 is 0 Å². The summed E-state index contributed by atoms with van der Waals surface area (Å²) in [5, 5.41) is 4.47. The Morgan fingerprint density at radius 2 is 2.04 bits per heavy atom. The molecule has 1 amide bonds. The van der Waals surface area contributed by atoms with E-state index in [0.29, 0.717) is 11.3 Å². The van der Waals surface area contributed by atoms with Crippen molar-refractivity contribution in [1.82, 2.24) is 15.0 Å². The van der Waals surface area contributed by atoms with Gasteiger partial charge in [-0.05, 0) is 18.2 Å². The number of amides is 1. The fourth-order valence-corrected chi connectivity index (χ4v) is 1.87. The van der Waals surface area contributed by atoms with E-state index in [1.807, 2.05) is 0 Å². The third kappa shape index (κ3) is 3.20. The number of hydrogen-bond acceptors (Lipinski definition) is 7. The maximum atomic E-state index is 11.7. The lowest BCUT2D eigenvalue weighted by molar-refractivity contribution is 0.0779. The summed E-state index contributed by atoms with van der Waals surface area (Å²) >= 11 is 0. The Hall–Kier alpha value is -3.16. The molecule has 0 atom stereocenters. The van der Waals surface area contributed by atoms with Crippen LogP contribution in [0.25, 0.3) is 11.0 Å². The highest BCUT2D eigenvalue weighted by atomic mass is 16.5. The van der Waals surface area contributed by atoms with Crippen molar-refractivity contribution < 1.29 is 18.5 Å². The summed E-state index contributed by atoms with van der Waals surface area (Å²) in [6, 6.07) is 8.12. The number of rotatable bonds is 4. The second kappa shape index (κ2) is 5.91. The van der Waals surface area contributed by atoms with Crippen LogP contribution in [-0.4, -0.2) is 35.0 Å². The molecule has 1 aromatic carbocycles. The number of ether oxygens (including phenoxy) is 1. The van der Waals surface area contributed by atoms with E-state index in [2.05, 4.69) is 10.1 Å². The SMILES string of the molecule is CN(C)C(=O)c1nc(COc2ccc3ccc(=O)oc3c2)no1. The molecule has 2 aromatic heterocycles. The van der Waals surface area contributed by atoms with Gasteiger partial charge in [-0.15, -0.1) is 0 Å². The number of fused-ring (bicyclic) bond motifs is 1. The van der Waals surface area contributed by atoms with Gasteiger partial charge in [-0.25, -0.2) is 4.79 Å². The molecule has 0 aliphatic rings. The normalized spacial score (nSPS) is 10.7. The highest BCUT2D eigenvalue weighted by Gasteiger charge is 2.17. The zero-order valence-electron chi connectivity index (χ0n) is 12.5. The Morgan fingerprint density at radius 1 is 1.26 bits per heavy atom. The van der Waals surface area contributed by atoms with Gasteiger partial charge in [0.05, 0.1) is 0 Å². The third-order valence-electron chi connectivity index (χ3n) is 3.02. The second-order valence-corrected chi connectivity index (χ2v) is 4.96. The van der Waals surface area contributed by atoms with E-state index in [9.17, 15) is 9.59 Å². The first-order chi connectivity index (χ1) is 11.0. The first-order valence-corrected chi connectivity index (χ1v) is 6.74. The van der Waals surface area contributed by atoms with Gasteiger partial charge < -0.3 is 18.6 Å². The van der Waals surface area contributed by atoms with Gasteiger partial charge >= 0.3 is 17.4 Å². The van der Waals surface area contributed by atoms with Crippen molar-refractivity contribution in [3.05, 3.63) is 52.5 Å². The molecule has 0 saturated heterocycles. The van der Waals surface area contributed by atoms with E-state index >= 15 is 0 Å². The van der Waals surface area contributed by atoms with Crippen LogP contribution < -0.4 is 10.4 Å². The minimum absolute atomic E-state index is 0.0206. The van der Waals surface area contributed by atoms with Crippen molar-refractivity contribution >= 4 is 16.9 Å². The van der Waals surface area contributed by atoms with Crippen LogP contribution in [0.4, 0.5) is 0 Å². The van der Waals surface area contributed by atoms with Gasteiger partial charge in [0, 0.05) is 31.6 Å². The monoisotopic (exact) mass is 315 g/mol. The van der Waals surface area contributed by atoms with Crippen molar-refractivity contribution in [1.29, 1.82) is 0 Å². The molecule has 0 N–H and O–H groups in total. The van der Waals surface area contributed by atoms with Crippen LogP contribution in [0.1, 0.15) is 16.5 Å². The van der Waals surface area contributed by atoms with Crippen LogP contribution in [0.5, 0.6) is 5.75 Å². The number of nitrogens with zero attached hydrogens (tertiary/aromatic N) is 3. The van der Waals surface area contributed by atoms with E-state index in [4.69, 9.17) is 13.7 Å². The fraction of sp³-hybridized carbons (Fsp3) is 0.200. The molecule has 0 fully saturated rings. The molecule has 0 bridgehead atoms. The van der Waals surface area contributed by atoms with Crippen molar-refractivity contribution in [2.75, 3.05) is 14.1 Å². The molecule has 0 spiro atoms. The average Bonchev–Trinajstić information content (AvgIpc) is 3.00. The highest BCUT2D eigenvalue weighted by molar-refractivity contribution is 5.89. The van der Waals surface area contributed by atoms with Crippen LogP contribution in [-0.2, 0) is 6.61 Å². The molecular weight excluding hydrogens is 302 g/mol. The zero-order chi connectivity index (χ0) is 16.4. The van der Waals surface area contributed by atoms with Gasteiger partial charge in [0.2, 0.25) is 5.82 Å². The molecule has 8 heteroatoms. The average molecular weight is 315 g/mol. The Labute approximate surface area is 130 Å². The Balaban J connectivity index is 1.73. The van der Waals surface area contributed by atoms with Gasteiger partial charge in [-0.2, -0.15) is 4.98 Å². The minimum atomic E-state index is -0.431. The standard InChI is InChI=1S/C15H13N3O5/c1-18(2)15(20)14-16-12(17-23-14)8-21-10-5-3-9-4-6-13(19)22-11(9)7-10/h3-7H,8H2,1-2H3. The highest BCUT2D eigenvalue weighted by Crippen LogP contribution is 2.20. The fourth-order valence-electron chi connectivity index (χ4n) is 1.87. The molecule has 2 heterocycles. The quantitative estimate of drug-likeness (QED) is 0.672. The second-order valence-electron chi connectivity index (χ2n) is 4.96. The number of benzene rings is 1. The molecule has 0 saturated carbocycles. The van der Waals surface area contributed by atoms with Crippen LogP contribution in [0.3, 0.4) is 0 Å². The predicted molar refractivity (Wildman–Crippen MR) is 79.1 cm³/mol. The van der Waals surface area contributed by atoms with Gasteiger partial charge in [-0.3, -0.25) is 4.79 Å². The summed E-state index contributed by atoms with van der Waals surface area (Å²) in [6.07, 6.45) is 0. The summed E-state index contributed by atoms with van der Waals surface area (Å²) in [5.41, 5.74) is -0.00811. The number of hydrogen-bond donors (Lipinski definition) is 0. The summed E-state index contributed by atoms with van der Waals surface area (Å²) in [7, 11) is 3.18. The van der Waals surface area contributed by atoms with Crippen molar-refractivity contribution in [3.8, 4) is 5.75 Å². The Bertz CT molecular complexity index is 913. The molecule has 0 aliphatic carbocycles. The number of carbonyl (C=O) groups excluding carboxylic acids is 1. The molecule has 118 valence electrons. The van der Waals surface area contributed by atoms with Crippen LogP contribution in [0.2, 0.25) is 0 Å². The third-order valence-corrected chi connectivity index (χ3v) is 3.02. The summed E-state index contributed by atoms with van der Waals surface area (Å²) in [5.74, 6) is 0.247. The minimum Gasteiger partial charge on any atom is -0.485 e. The van der Waals surface area contributed by atoms with E-state index < -0.39 is 5.63 Å². The first-order valence-electron chi connectivity index (χ1n) is 6.74. The molecule has 0 radical (unpaired) electrons. The van der Waals surface area contributed by atoms with E-state index in [1.165, 1.54) is 11.0 Å². The van der Waals surface area contributed by atoms with Gasteiger partial charge in [0.15, 0.2) is 6.61 Å². The van der Waals surface area contributed by atoms with Crippen LogP contribution in [0.15, 0.2) is 44.1 Å². The zero-order valence-corrected chi connectivity index (χ0v) is 12.5. The maximum Gasteiger partial charge on any atom is 0.336 e. The van der Waals surface area contributed by atoms with Gasteiger partial charge in [0.1, 0.15) is 11.3 Å². The molecular formula is C15H13N3O5. The number of aromatic nitrogens is 2. The lowest BCUT2D eigenvalue weighted by atomic mass is 10.2. The molecule has 23 heavy (non-hydrogen) atoms. The number of carbonyl (C=O) groups is 1. The molecule has 8 nitrogen and oxygen atoms in total. The predicted octanol–water partition coefficient (Wildman–Crippen LogP) is 1.46. The molecule has 0 unspecified atom stereocenters. The van der Waals surface area contributed by atoms with E-state index in [0.717, 1.165) is 5.39 Å². The summed E-state index contributed by atoms with van der Waals surface area (Å²) in [4.78, 5) is 28.2. The van der Waals surface area contributed by atoms with Crippen LogP contribution in [0, 0.1) is 0 Å². The smallest absolute Gasteiger partial charge is 0.336 e. The molecule has 3 aromatic rings. The van der Waals surface area contributed by atoms with E-state index in [1.54, 1.807) is 38.4 Å². The van der Waals surface area contributed by atoms with Gasteiger partial charge in [-0.1, -0.05) is 5.16 Å². The summed E-state index contributed by atoms with van der Waals surface area (Å²) in [6.45, 7) is 0.0206. The van der Waals surface area contributed by atoms with Crippen molar-refractivity contribution in [2.24, 2.45) is 0 Å². The Morgan fingerprint density at radius 3 is 2.83 bits per heavy atom. The Kier molecular flexibility index (Phi) is 3.80. The largest absolute Gasteiger partial charge is 0.485 e. The topological polar surface area (TPSA) is 98.7 Å². The first kappa shape index (κ1) is 14.8. The summed E-state index contributed by atoms with van der Waals surface area (Å²) < 4.78 is 15.5. The van der Waals surface area contributed by atoms with Gasteiger partial charge in [0.25, 0.3) is 0 Å². The van der Waals surface area contributed by atoms with E-state index in [-0.39, 0.29) is 24.2 Å². The molecule has 0 aliphatic heterocycles. The lowest BCUT2D eigenvalue weighted by Crippen LogP contribution is -2.22. The van der Waals surface area contributed by atoms with Crippen molar-refractivity contribution in [2.45, 2.75) is 6.61 Å². The molecule has 3 rings (SSSR count).